The molecule has 0 radical (unpaired) electrons. The van der Waals surface area contributed by atoms with Crippen molar-refractivity contribution in [2.24, 2.45) is 196 Å². The van der Waals surface area contributed by atoms with Crippen molar-refractivity contribution in [2.75, 3.05) is 0 Å². The Morgan fingerprint density at radius 3 is 0.952 bits per heavy atom. The Kier molecular flexibility index (Phi) is 27.6. The third-order valence-corrected chi connectivity index (χ3v) is 37.3. The molecule has 16 unspecified atom stereocenters. The molecule has 104 heavy (non-hydrogen) atoms. The van der Waals surface area contributed by atoms with E-state index >= 15 is 0 Å². The van der Waals surface area contributed by atoms with E-state index in [1.807, 2.05) is 0 Å². The highest BCUT2D eigenvalue weighted by molar-refractivity contribution is 5.12. The predicted octanol–water partition coefficient (Wildman–Crippen LogP) is 33.2. The summed E-state index contributed by atoms with van der Waals surface area (Å²) < 4.78 is 0. The molecule has 0 N–H and O–H groups in total. The molecule has 20 rings (SSSR count). The first-order valence-corrected chi connectivity index (χ1v) is 48.5. The van der Waals surface area contributed by atoms with Crippen molar-refractivity contribution in [2.45, 2.75) is 462 Å². The van der Waals surface area contributed by atoms with E-state index in [1.54, 1.807) is 89.9 Å². The monoisotopic (exact) mass is 1440 g/mol. The Bertz CT molecular complexity index is 2470. The Hall–Kier alpha value is 0. The minimum atomic E-state index is 0.552. The molecule has 20 fully saturated rings. The van der Waals surface area contributed by atoms with Gasteiger partial charge in [-0.15, -0.1) is 0 Å². The van der Waals surface area contributed by atoms with Crippen LogP contribution in [0, 0.1) is 196 Å². The molecule has 0 aromatic rings. The molecule has 0 amide bonds. The first kappa shape index (κ1) is 84.9. The standard InChI is InChI=1S/2C14H24.2C14H26.C13H24.2C12H22.C11H20/c1-13(2,3)14-7-10-4-11(8-14)6-12(5-10)9-14;1-13(2,3)11-5-4-10-6-8-14(10)9-7-12(11)14;1-14(2,3)13-10-8-11-5-4-6-12(13)9-7-11;1-14(2,3)13-9-11-6-4-5-7-12(8-11)10-13;1-13(2,3)12-10-6-4-7-11(12)9-5-8-10;1-12(2,3)11-7-5-9-4-6-10(11)8-9;1-12(2,3)11-8-9-4-6-10(11)7-5-9;1-11(2,3)10-7-8-4-5-9(10)6-8/h2*10-12H,4-9H2,1-3H3;2*11-13H,4-10H2,1-3H3;10-12H,4-9H2,1-3H3;2*9-11H,4-8H2,1-3H3;8-10H,4-7H2,1-3H3. The molecule has 16 bridgehead atoms. The van der Waals surface area contributed by atoms with Gasteiger partial charge in [-0.3, -0.25) is 0 Å². The molecule has 20 aliphatic carbocycles. The fraction of sp³-hybridized carbons (Fsp3) is 1.00. The van der Waals surface area contributed by atoms with Gasteiger partial charge >= 0.3 is 0 Å². The molecule has 0 saturated heterocycles. The van der Waals surface area contributed by atoms with Crippen LogP contribution in [0.25, 0.3) is 0 Å². The van der Waals surface area contributed by atoms with Crippen LogP contribution >= 0.6 is 0 Å². The van der Waals surface area contributed by atoms with Crippen LogP contribution in [0.4, 0.5) is 0 Å². The molecule has 20 aliphatic rings. The van der Waals surface area contributed by atoms with E-state index in [-0.39, 0.29) is 0 Å². The third kappa shape index (κ3) is 20.9. The molecule has 0 nitrogen and oxygen atoms in total. The summed E-state index contributed by atoms with van der Waals surface area (Å²) >= 11 is 0. The van der Waals surface area contributed by atoms with Crippen molar-refractivity contribution < 1.29 is 0 Å². The summed E-state index contributed by atoms with van der Waals surface area (Å²) in [5.41, 5.74) is 6.15. The smallest absolute Gasteiger partial charge is 0.0238 e. The van der Waals surface area contributed by atoms with E-state index < -0.39 is 0 Å². The zero-order valence-corrected chi connectivity index (χ0v) is 75.4. The van der Waals surface area contributed by atoms with E-state index in [4.69, 9.17) is 0 Å². The van der Waals surface area contributed by atoms with Gasteiger partial charge < -0.3 is 0 Å². The highest BCUT2D eigenvalue weighted by atomic mass is 14.7. The quantitative estimate of drug-likeness (QED) is 0.227. The Morgan fingerprint density at radius 2 is 0.558 bits per heavy atom. The zero-order valence-electron chi connectivity index (χ0n) is 75.4. The Labute approximate surface area is 653 Å². The van der Waals surface area contributed by atoms with Gasteiger partial charge in [-0.05, 0) is 363 Å². The lowest BCUT2D eigenvalue weighted by Gasteiger charge is -2.68. The highest BCUT2D eigenvalue weighted by Gasteiger charge is 2.63. The van der Waals surface area contributed by atoms with Gasteiger partial charge in [0, 0.05) is 0 Å². The van der Waals surface area contributed by atoms with E-state index in [9.17, 15) is 0 Å². The van der Waals surface area contributed by atoms with Crippen LogP contribution in [0.2, 0.25) is 0 Å². The zero-order chi connectivity index (χ0) is 75.4. The van der Waals surface area contributed by atoms with E-state index in [0.29, 0.717) is 43.3 Å². The van der Waals surface area contributed by atoms with Crippen LogP contribution in [0.1, 0.15) is 462 Å². The lowest BCUT2D eigenvalue weighted by atomic mass is 9.37. The molecule has 0 aromatic heterocycles. The summed E-state index contributed by atoms with van der Waals surface area (Å²) in [7, 11) is 0. The maximum absolute atomic E-state index is 2.49. The van der Waals surface area contributed by atoms with Crippen molar-refractivity contribution in [3.8, 4) is 0 Å². The van der Waals surface area contributed by atoms with Crippen LogP contribution in [0.5, 0.6) is 0 Å². The molecular weight excluding hydrogens is 1250 g/mol. The van der Waals surface area contributed by atoms with Crippen LogP contribution in [0.15, 0.2) is 0 Å². The van der Waals surface area contributed by atoms with Gasteiger partial charge in [-0.1, -0.05) is 295 Å². The second-order valence-electron chi connectivity index (χ2n) is 52.0. The van der Waals surface area contributed by atoms with Gasteiger partial charge in [0.2, 0.25) is 0 Å². The normalized spacial score (nSPS) is 43.6. The second kappa shape index (κ2) is 33.8. The molecule has 0 aromatic carbocycles. The molecular formula is C104H188. The van der Waals surface area contributed by atoms with Gasteiger partial charge in [0.1, 0.15) is 0 Å². The summed E-state index contributed by atoms with van der Waals surface area (Å²) in [6.45, 7) is 58.7. The highest BCUT2D eigenvalue weighted by Crippen LogP contribution is 2.72. The Balaban J connectivity index is 0.000000119. The van der Waals surface area contributed by atoms with E-state index in [2.05, 4.69) is 166 Å². The Morgan fingerprint density at radius 1 is 0.212 bits per heavy atom. The lowest BCUT2D eigenvalue weighted by molar-refractivity contribution is -0.187. The number of fused-ring (bicyclic) bond motifs is 14. The summed E-state index contributed by atoms with van der Waals surface area (Å²) in [4.78, 5) is 0. The largest absolute Gasteiger partial charge is 0.0599 e. The molecule has 604 valence electrons. The first-order chi connectivity index (χ1) is 48.5. The van der Waals surface area contributed by atoms with Crippen molar-refractivity contribution in [3.63, 3.8) is 0 Å². The van der Waals surface area contributed by atoms with Crippen LogP contribution in [0.3, 0.4) is 0 Å². The van der Waals surface area contributed by atoms with Gasteiger partial charge in [0.25, 0.3) is 0 Å². The SMILES string of the molecule is CC(C)(C)C12CC3CC(CC(C3)C1)C2.CC(C)(C)C1C2CCCC1CCC2.CC(C)(C)C1CC2CCC1C2.CC(C)(C)C1CC2CCC1CC2.CC(C)(C)C1CC2CCCCC(C2)C1.CC(C)(C)C1CCC2CCC1C2.CC(C)(C)C1CCC2CCC23CCC13.CC(C)(C)C1CCC2CCCC1CC2. The molecule has 0 heteroatoms. The summed E-state index contributed by atoms with van der Waals surface area (Å²) in [6, 6.07) is 0. The predicted molar refractivity (Wildman–Crippen MR) is 457 cm³/mol. The van der Waals surface area contributed by atoms with Crippen molar-refractivity contribution in [3.05, 3.63) is 0 Å². The molecule has 20 saturated carbocycles. The van der Waals surface area contributed by atoms with Gasteiger partial charge in [0.05, 0.1) is 0 Å². The van der Waals surface area contributed by atoms with Gasteiger partial charge in [-0.25, -0.2) is 0 Å². The summed E-state index contributed by atoms with van der Waals surface area (Å²) in [5, 5.41) is 0. The second-order valence-corrected chi connectivity index (χ2v) is 52.0. The fourth-order valence-electron chi connectivity index (χ4n) is 31.8. The van der Waals surface area contributed by atoms with Crippen LogP contribution in [-0.4, -0.2) is 0 Å². The maximum Gasteiger partial charge on any atom is -0.0238 e. The average molecular weight is 1440 g/mol. The van der Waals surface area contributed by atoms with Gasteiger partial charge in [0.15, 0.2) is 0 Å². The number of hydrogen-bond acceptors (Lipinski definition) is 0. The summed E-state index contributed by atoms with van der Waals surface area (Å²) in [6.07, 6.45) is 70.8. The summed E-state index contributed by atoms with van der Waals surface area (Å²) in [5.74, 6) is 25.9. The number of hydrogen-bond donors (Lipinski definition) is 0. The molecule has 0 aliphatic heterocycles. The maximum atomic E-state index is 2.49. The van der Waals surface area contributed by atoms with Gasteiger partial charge in [-0.2, -0.15) is 0 Å². The van der Waals surface area contributed by atoms with E-state index in [1.165, 1.54) is 205 Å². The lowest BCUT2D eigenvalue weighted by Crippen LogP contribution is -2.59. The molecule has 1 spiro atoms. The number of rotatable bonds is 0. The average Bonchev–Trinajstić information content (AvgIpc) is 0.953. The van der Waals surface area contributed by atoms with Crippen molar-refractivity contribution in [1.29, 1.82) is 0 Å². The van der Waals surface area contributed by atoms with Crippen LogP contribution < -0.4 is 0 Å². The van der Waals surface area contributed by atoms with Crippen LogP contribution in [-0.2, 0) is 0 Å². The molecule has 0 heterocycles. The topological polar surface area (TPSA) is 0 Å². The fourth-order valence-corrected chi connectivity index (χ4v) is 31.8. The van der Waals surface area contributed by atoms with E-state index in [0.717, 1.165) is 153 Å². The van der Waals surface area contributed by atoms with Crippen molar-refractivity contribution >= 4 is 0 Å². The third-order valence-electron chi connectivity index (χ3n) is 37.3. The van der Waals surface area contributed by atoms with Crippen molar-refractivity contribution in [1.82, 2.24) is 0 Å². The minimum absolute atomic E-state index is 0.552. The first-order valence-electron chi connectivity index (χ1n) is 48.5. The minimum Gasteiger partial charge on any atom is -0.0599 e. The molecule has 16 atom stereocenters.